The lowest BCUT2D eigenvalue weighted by Crippen LogP contribution is -2.39. The van der Waals surface area contributed by atoms with Gasteiger partial charge in [-0.25, -0.2) is 0 Å². The minimum Gasteiger partial charge on any atom is -0.490 e. The molecule has 0 aromatic heterocycles. The van der Waals surface area contributed by atoms with Crippen molar-refractivity contribution in [3.63, 3.8) is 0 Å². The van der Waals surface area contributed by atoms with Gasteiger partial charge in [-0.1, -0.05) is 26.0 Å². The number of hydrogen-bond donors (Lipinski definition) is 0. The minimum atomic E-state index is 0.158. The molecule has 0 aliphatic carbocycles. The van der Waals surface area contributed by atoms with Crippen LogP contribution in [-0.2, 0) is 0 Å². The Morgan fingerprint density at radius 2 is 1.76 bits per heavy atom. The summed E-state index contributed by atoms with van der Waals surface area (Å²) in [5, 5.41) is 2.23. The molecular weight excluding hydrogens is 360 g/mol. The largest absolute Gasteiger partial charge is 0.490 e. The highest BCUT2D eigenvalue weighted by Gasteiger charge is 2.26. The Bertz CT molecular complexity index is 855. The number of fused-ring (bicyclic) bond motifs is 1. The molecule has 0 spiro atoms. The summed E-state index contributed by atoms with van der Waals surface area (Å²) < 4.78 is 6.29. The van der Waals surface area contributed by atoms with Crippen LogP contribution in [0, 0.1) is 5.92 Å². The molecule has 4 heteroatoms. The molecule has 1 amide bonds. The van der Waals surface area contributed by atoms with Crippen LogP contribution in [0.25, 0.3) is 10.8 Å². The van der Waals surface area contributed by atoms with E-state index in [4.69, 9.17) is 4.74 Å². The summed E-state index contributed by atoms with van der Waals surface area (Å²) >= 11 is 0. The average Bonchev–Trinajstić information content (AvgIpc) is 3.14. The van der Waals surface area contributed by atoms with Gasteiger partial charge in [-0.3, -0.25) is 4.79 Å². The Balaban J connectivity index is 1.40. The molecule has 2 heterocycles. The number of ether oxygens (including phenoxy) is 1. The number of rotatable bonds is 5. The van der Waals surface area contributed by atoms with Gasteiger partial charge in [0.1, 0.15) is 11.9 Å². The SMILES string of the molecule is CC(C)CN1CCC(Oc2ccc3cc(C(=O)N4CCCC4C)ccc3c2)CC1. The van der Waals surface area contributed by atoms with Crippen LogP contribution in [-0.4, -0.2) is 54.0 Å². The maximum absolute atomic E-state index is 12.8. The first-order valence-electron chi connectivity index (χ1n) is 11.2. The predicted octanol–water partition coefficient (Wildman–Crippen LogP) is 4.96. The number of nitrogens with zero attached hydrogens (tertiary/aromatic N) is 2. The molecular formula is C25H34N2O2. The standard InChI is InChI=1S/C25H34N2O2/c1-18(2)17-26-13-10-23(11-14-26)29-24-9-8-20-15-22(7-6-21(20)16-24)25(28)27-12-4-5-19(27)3/h6-9,15-16,18-19,23H,4-5,10-14,17H2,1-3H3. The van der Waals surface area contributed by atoms with Crippen molar-refractivity contribution in [1.82, 2.24) is 9.80 Å². The summed E-state index contributed by atoms with van der Waals surface area (Å²) in [5.74, 6) is 1.82. The van der Waals surface area contributed by atoms with E-state index in [0.717, 1.165) is 73.3 Å². The van der Waals surface area contributed by atoms with Crippen molar-refractivity contribution in [2.75, 3.05) is 26.2 Å². The van der Waals surface area contributed by atoms with Gasteiger partial charge in [-0.05, 0) is 73.6 Å². The normalized spacial score (nSPS) is 21.2. The van der Waals surface area contributed by atoms with Crippen LogP contribution in [0.15, 0.2) is 36.4 Å². The zero-order valence-corrected chi connectivity index (χ0v) is 18.1. The van der Waals surface area contributed by atoms with E-state index in [-0.39, 0.29) is 5.91 Å². The molecule has 2 aromatic carbocycles. The van der Waals surface area contributed by atoms with Crippen molar-refractivity contribution in [2.24, 2.45) is 5.92 Å². The maximum atomic E-state index is 12.8. The highest BCUT2D eigenvalue weighted by Crippen LogP contribution is 2.27. The van der Waals surface area contributed by atoms with Gasteiger partial charge < -0.3 is 14.5 Å². The summed E-state index contributed by atoms with van der Waals surface area (Å²) in [5.41, 5.74) is 0.789. The molecule has 1 unspecified atom stereocenters. The molecule has 0 radical (unpaired) electrons. The number of benzene rings is 2. The lowest BCUT2D eigenvalue weighted by atomic mass is 10.0. The van der Waals surface area contributed by atoms with Crippen LogP contribution < -0.4 is 4.74 Å². The number of carbonyl (C=O) groups excluding carboxylic acids is 1. The number of amides is 1. The van der Waals surface area contributed by atoms with Gasteiger partial charge in [0.2, 0.25) is 0 Å². The molecule has 0 bridgehead atoms. The first-order chi connectivity index (χ1) is 14.0. The first kappa shape index (κ1) is 20.2. The summed E-state index contributed by atoms with van der Waals surface area (Å²) in [4.78, 5) is 17.4. The van der Waals surface area contributed by atoms with Gasteiger partial charge in [0.25, 0.3) is 5.91 Å². The van der Waals surface area contributed by atoms with Crippen molar-refractivity contribution in [2.45, 2.75) is 58.6 Å². The van der Waals surface area contributed by atoms with Crippen molar-refractivity contribution >= 4 is 16.7 Å². The molecule has 0 saturated carbocycles. The zero-order valence-electron chi connectivity index (χ0n) is 18.1. The smallest absolute Gasteiger partial charge is 0.254 e. The molecule has 156 valence electrons. The molecule has 4 rings (SSSR count). The Hall–Kier alpha value is -2.07. The van der Waals surface area contributed by atoms with Crippen LogP contribution in [0.4, 0.5) is 0 Å². The van der Waals surface area contributed by atoms with E-state index < -0.39 is 0 Å². The van der Waals surface area contributed by atoms with Gasteiger partial charge in [0, 0.05) is 37.8 Å². The van der Waals surface area contributed by atoms with Gasteiger partial charge >= 0.3 is 0 Å². The van der Waals surface area contributed by atoms with E-state index in [1.807, 2.05) is 17.0 Å². The fraction of sp³-hybridized carbons (Fsp3) is 0.560. The summed E-state index contributed by atoms with van der Waals surface area (Å²) in [6.45, 7) is 11.0. The average molecular weight is 395 g/mol. The fourth-order valence-electron chi connectivity index (χ4n) is 4.75. The third-order valence-electron chi connectivity index (χ3n) is 6.33. The number of likely N-dealkylation sites (tertiary alicyclic amines) is 2. The first-order valence-corrected chi connectivity index (χ1v) is 11.2. The Labute approximate surface area is 174 Å². The second kappa shape index (κ2) is 8.74. The van der Waals surface area contributed by atoms with E-state index in [9.17, 15) is 4.79 Å². The lowest BCUT2D eigenvalue weighted by Gasteiger charge is -2.33. The molecule has 2 aliphatic heterocycles. The quantitative estimate of drug-likeness (QED) is 0.718. The van der Waals surface area contributed by atoms with Crippen LogP contribution >= 0.6 is 0 Å². The van der Waals surface area contributed by atoms with Crippen molar-refractivity contribution in [3.8, 4) is 5.75 Å². The molecule has 4 nitrogen and oxygen atoms in total. The van der Waals surface area contributed by atoms with Crippen molar-refractivity contribution < 1.29 is 9.53 Å². The summed E-state index contributed by atoms with van der Waals surface area (Å²) in [6, 6.07) is 12.6. The van der Waals surface area contributed by atoms with E-state index in [0.29, 0.717) is 12.1 Å². The molecule has 29 heavy (non-hydrogen) atoms. The topological polar surface area (TPSA) is 32.8 Å². The Kier molecular flexibility index (Phi) is 6.09. The Morgan fingerprint density at radius 3 is 2.45 bits per heavy atom. The number of carbonyl (C=O) groups is 1. The second-order valence-electron chi connectivity index (χ2n) is 9.23. The zero-order chi connectivity index (χ0) is 20.4. The molecule has 2 fully saturated rings. The second-order valence-corrected chi connectivity index (χ2v) is 9.23. The van der Waals surface area contributed by atoms with Gasteiger partial charge in [0.05, 0.1) is 0 Å². The van der Waals surface area contributed by atoms with Gasteiger partial charge in [-0.15, -0.1) is 0 Å². The van der Waals surface area contributed by atoms with Gasteiger partial charge in [0.15, 0.2) is 0 Å². The highest BCUT2D eigenvalue weighted by molar-refractivity contribution is 5.99. The fourth-order valence-corrected chi connectivity index (χ4v) is 4.75. The summed E-state index contributed by atoms with van der Waals surface area (Å²) in [7, 11) is 0. The van der Waals surface area contributed by atoms with E-state index in [2.05, 4.69) is 49.9 Å². The van der Waals surface area contributed by atoms with Crippen LogP contribution in [0.5, 0.6) is 5.75 Å². The predicted molar refractivity (Wildman–Crippen MR) is 119 cm³/mol. The van der Waals surface area contributed by atoms with Gasteiger partial charge in [-0.2, -0.15) is 0 Å². The van der Waals surface area contributed by atoms with Crippen LogP contribution in [0.2, 0.25) is 0 Å². The molecule has 2 aliphatic rings. The van der Waals surface area contributed by atoms with Crippen molar-refractivity contribution in [3.05, 3.63) is 42.0 Å². The Morgan fingerprint density at radius 1 is 1.03 bits per heavy atom. The monoisotopic (exact) mass is 394 g/mol. The highest BCUT2D eigenvalue weighted by atomic mass is 16.5. The number of piperidine rings is 1. The third-order valence-corrected chi connectivity index (χ3v) is 6.33. The van der Waals surface area contributed by atoms with Crippen LogP contribution in [0.3, 0.4) is 0 Å². The van der Waals surface area contributed by atoms with E-state index in [1.165, 1.54) is 6.54 Å². The van der Waals surface area contributed by atoms with Crippen molar-refractivity contribution in [1.29, 1.82) is 0 Å². The molecule has 2 saturated heterocycles. The maximum Gasteiger partial charge on any atom is 0.254 e. The van der Waals surface area contributed by atoms with E-state index >= 15 is 0 Å². The molecule has 1 atom stereocenters. The number of hydrogen-bond acceptors (Lipinski definition) is 3. The minimum absolute atomic E-state index is 0.158. The third kappa shape index (κ3) is 4.75. The van der Waals surface area contributed by atoms with Crippen LogP contribution in [0.1, 0.15) is 56.8 Å². The molecule has 0 N–H and O–H groups in total. The summed E-state index contributed by atoms with van der Waals surface area (Å²) in [6.07, 6.45) is 4.69. The van der Waals surface area contributed by atoms with E-state index in [1.54, 1.807) is 0 Å². The molecule has 2 aromatic rings. The lowest BCUT2D eigenvalue weighted by molar-refractivity contribution is 0.0747.